The van der Waals surface area contributed by atoms with E-state index in [-0.39, 0.29) is 17.7 Å². The van der Waals surface area contributed by atoms with Crippen LogP contribution >= 0.6 is 0 Å². The molecule has 0 spiro atoms. The molecule has 2 aromatic carbocycles. The number of benzene rings is 2. The van der Waals surface area contributed by atoms with Gasteiger partial charge in [0, 0.05) is 5.56 Å². The molecule has 0 fully saturated rings. The summed E-state index contributed by atoms with van der Waals surface area (Å²) in [5, 5.41) is 8.87. The topological polar surface area (TPSA) is 46.5 Å². The molecule has 5 heteroatoms. The molecule has 2 aromatic rings. The lowest BCUT2D eigenvalue weighted by atomic mass is 10.1. The van der Waals surface area contributed by atoms with E-state index in [1.807, 2.05) is 0 Å². The Kier molecular flexibility index (Phi) is 4.30. The second-order valence-corrected chi connectivity index (χ2v) is 4.16. The van der Waals surface area contributed by atoms with Crippen molar-refractivity contribution in [3.8, 4) is 5.75 Å². The Morgan fingerprint density at radius 1 is 1.15 bits per heavy atom. The fourth-order valence-corrected chi connectivity index (χ4v) is 1.67. The van der Waals surface area contributed by atoms with E-state index in [9.17, 15) is 13.6 Å². The maximum absolute atomic E-state index is 12.4. The molecule has 104 valence electrons. The third-order valence-electron chi connectivity index (χ3n) is 2.71. The van der Waals surface area contributed by atoms with E-state index < -0.39 is 12.4 Å². The molecule has 0 aliphatic carbocycles. The number of carboxylic acid groups (broad SMARTS) is 1. The van der Waals surface area contributed by atoms with Gasteiger partial charge in [-0.05, 0) is 42.0 Å². The van der Waals surface area contributed by atoms with E-state index in [0.717, 1.165) is 0 Å². The Balaban J connectivity index is 2.01. The highest BCUT2D eigenvalue weighted by molar-refractivity contribution is 5.87. The van der Waals surface area contributed by atoms with Gasteiger partial charge in [-0.15, -0.1) is 0 Å². The Morgan fingerprint density at radius 2 is 1.85 bits per heavy atom. The number of halogens is 2. The van der Waals surface area contributed by atoms with Gasteiger partial charge in [-0.2, -0.15) is 0 Å². The zero-order valence-corrected chi connectivity index (χ0v) is 10.4. The van der Waals surface area contributed by atoms with Crippen molar-refractivity contribution in [1.82, 2.24) is 0 Å². The molecule has 0 aliphatic rings. The maximum atomic E-state index is 12.4. The van der Waals surface area contributed by atoms with E-state index in [4.69, 9.17) is 9.84 Å². The van der Waals surface area contributed by atoms with Gasteiger partial charge in [0.2, 0.25) is 0 Å². The monoisotopic (exact) mass is 278 g/mol. The first-order valence-corrected chi connectivity index (χ1v) is 5.89. The van der Waals surface area contributed by atoms with Crippen LogP contribution in [0.5, 0.6) is 5.75 Å². The molecule has 1 N–H and O–H groups in total. The summed E-state index contributed by atoms with van der Waals surface area (Å²) < 4.78 is 30.2. The summed E-state index contributed by atoms with van der Waals surface area (Å²) in [7, 11) is 0. The van der Waals surface area contributed by atoms with E-state index in [1.54, 1.807) is 12.1 Å². The van der Waals surface area contributed by atoms with Gasteiger partial charge in [-0.25, -0.2) is 13.6 Å². The zero-order valence-electron chi connectivity index (χ0n) is 10.4. The first-order valence-electron chi connectivity index (χ1n) is 5.89. The van der Waals surface area contributed by atoms with E-state index in [2.05, 4.69) is 0 Å². The van der Waals surface area contributed by atoms with Gasteiger partial charge >= 0.3 is 5.97 Å². The first kappa shape index (κ1) is 14.0. The lowest BCUT2D eigenvalue weighted by Gasteiger charge is -2.07. The van der Waals surface area contributed by atoms with Crippen molar-refractivity contribution < 1.29 is 23.4 Å². The fourth-order valence-electron chi connectivity index (χ4n) is 1.67. The Hall–Kier alpha value is -2.43. The number of carboxylic acids is 1. The standard InChI is InChI=1S/C15H12F2O3/c16-14(17)11-4-6-13(7-5-11)20-9-10-2-1-3-12(8-10)15(18)19/h1-8,14H,9H2,(H,18,19). The third-order valence-corrected chi connectivity index (χ3v) is 2.71. The summed E-state index contributed by atoms with van der Waals surface area (Å²) in [4.78, 5) is 10.8. The number of rotatable bonds is 5. The number of aromatic carboxylic acids is 1. The molecule has 0 atom stereocenters. The lowest BCUT2D eigenvalue weighted by Crippen LogP contribution is -2.00. The third kappa shape index (κ3) is 3.54. The van der Waals surface area contributed by atoms with Crippen molar-refractivity contribution in [1.29, 1.82) is 0 Å². The number of carbonyl (C=O) groups is 1. The lowest BCUT2D eigenvalue weighted by molar-refractivity contribution is 0.0696. The van der Waals surface area contributed by atoms with Crippen LogP contribution in [-0.2, 0) is 6.61 Å². The highest BCUT2D eigenvalue weighted by atomic mass is 19.3. The quantitative estimate of drug-likeness (QED) is 0.902. The molecular weight excluding hydrogens is 266 g/mol. The Morgan fingerprint density at radius 3 is 2.45 bits per heavy atom. The normalized spacial score (nSPS) is 10.6. The van der Waals surface area contributed by atoms with Gasteiger partial charge in [-0.3, -0.25) is 0 Å². The molecule has 0 radical (unpaired) electrons. The van der Waals surface area contributed by atoms with Crippen molar-refractivity contribution in [2.45, 2.75) is 13.0 Å². The van der Waals surface area contributed by atoms with Gasteiger partial charge in [-0.1, -0.05) is 12.1 Å². The summed E-state index contributed by atoms with van der Waals surface area (Å²) in [5.41, 5.74) is 0.812. The van der Waals surface area contributed by atoms with Crippen LogP contribution in [0.25, 0.3) is 0 Å². The fraction of sp³-hybridized carbons (Fsp3) is 0.133. The van der Waals surface area contributed by atoms with E-state index >= 15 is 0 Å². The van der Waals surface area contributed by atoms with Crippen molar-refractivity contribution in [3.05, 3.63) is 65.2 Å². The van der Waals surface area contributed by atoms with Crippen molar-refractivity contribution in [3.63, 3.8) is 0 Å². The molecule has 0 heterocycles. The molecule has 0 bridgehead atoms. The highest BCUT2D eigenvalue weighted by Gasteiger charge is 2.07. The second-order valence-electron chi connectivity index (χ2n) is 4.16. The maximum Gasteiger partial charge on any atom is 0.335 e. The van der Waals surface area contributed by atoms with Crippen LogP contribution in [0.15, 0.2) is 48.5 Å². The smallest absolute Gasteiger partial charge is 0.335 e. The van der Waals surface area contributed by atoms with Crippen LogP contribution in [0.4, 0.5) is 8.78 Å². The summed E-state index contributed by atoms with van der Waals surface area (Å²) in [5.74, 6) is -0.553. The molecule has 0 aliphatic heterocycles. The SMILES string of the molecule is O=C(O)c1cccc(COc2ccc(C(F)F)cc2)c1. The average Bonchev–Trinajstić information content (AvgIpc) is 2.46. The van der Waals surface area contributed by atoms with Gasteiger partial charge < -0.3 is 9.84 Å². The van der Waals surface area contributed by atoms with Crippen molar-refractivity contribution in [2.75, 3.05) is 0 Å². The van der Waals surface area contributed by atoms with Crippen LogP contribution in [0, 0.1) is 0 Å². The van der Waals surface area contributed by atoms with Crippen LogP contribution in [0.2, 0.25) is 0 Å². The van der Waals surface area contributed by atoms with Crippen molar-refractivity contribution >= 4 is 5.97 Å². The van der Waals surface area contributed by atoms with Crippen LogP contribution in [-0.4, -0.2) is 11.1 Å². The average molecular weight is 278 g/mol. The minimum absolute atomic E-state index is 0.0646. The molecule has 0 aromatic heterocycles. The number of alkyl halides is 2. The predicted octanol–water partition coefficient (Wildman–Crippen LogP) is 3.90. The highest BCUT2D eigenvalue weighted by Crippen LogP contribution is 2.22. The van der Waals surface area contributed by atoms with Crippen LogP contribution in [0.3, 0.4) is 0 Å². The molecule has 0 amide bonds. The summed E-state index contributed by atoms with van der Waals surface area (Å²) in [6.45, 7) is 0.176. The minimum atomic E-state index is -2.50. The predicted molar refractivity (Wildman–Crippen MR) is 69.1 cm³/mol. The largest absolute Gasteiger partial charge is 0.489 e. The number of hydrogen-bond donors (Lipinski definition) is 1. The Bertz CT molecular complexity index is 594. The molecule has 0 saturated carbocycles. The van der Waals surface area contributed by atoms with E-state index in [1.165, 1.54) is 36.4 Å². The number of hydrogen-bond acceptors (Lipinski definition) is 2. The van der Waals surface area contributed by atoms with Crippen LogP contribution in [0.1, 0.15) is 27.9 Å². The van der Waals surface area contributed by atoms with E-state index in [0.29, 0.717) is 11.3 Å². The second kappa shape index (κ2) is 6.14. The molecule has 0 saturated heterocycles. The molecular formula is C15H12F2O3. The zero-order chi connectivity index (χ0) is 14.5. The first-order chi connectivity index (χ1) is 9.56. The number of ether oxygens (including phenoxy) is 1. The molecule has 2 rings (SSSR count). The van der Waals surface area contributed by atoms with Crippen LogP contribution < -0.4 is 4.74 Å². The minimum Gasteiger partial charge on any atom is -0.489 e. The Labute approximate surface area is 114 Å². The summed E-state index contributed by atoms with van der Waals surface area (Å²) >= 11 is 0. The van der Waals surface area contributed by atoms with Gasteiger partial charge in [0.05, 0.1) is 5.56 Å². The molecule has 20 heavy (non-hydrogen) atoms. The van der Waals surface area contributed by atoms with Crippen molar-refractivity contribution in [2.24, 2.45) is 0 Å². The summed E-state index contributed by atoms with van der Waals surface area (Å²) in [6.07, 6.45) is -2.50. The van der Waals surface area contributed by atoms with Gasteiger partial charge in [0.15, 0.2) is 0 Å². The van der Waals surface area contributed by atoms with Gasteiger partial charge in [0.25, 0.3) is 6.43 Å². The molecule has 3 nitrogen and oxygen atoms in total. The summed E-state index contributed by atoms with van der Waals surface area (Å²) in [6, 6.07) is 11.9. The van der Waals surface area contributed by atoms with Gasteiger partial charge in [0.1, 0.15) is 12.4 Å². The molecule has 0 unspecified atom stereocenters.